The Morgan fingerprint density at radius 2 is 1.27 bits per heavy atom. The average molecular weight is 398 g/mol. The molecule has 0 atom stereocenters. The molecule has 0 saturated carbocycles. The van der Waals surface area contributed by atoms with Gasteiger partial charge in [0.25, 0.3) is 0 Å². The van der Waals surface area contributed by atoms with Gasteiger partial charge in [-0.05, 0) is 47.0 Å². The molecule has 5 rings (SSSR count). The molecule has 2 heteroatoms. The number of hydrogen-bond acceptors (Lipinski definition) is 0. The molecular formula is C24H16BrN. The van der Waals surface area contributed by atoms with E-state index in [0.717, 1.165) is 9.99 Å². The number of hydrogen-bond donors (Lipinski definition) is 1. The zero-order chi connectivity index (χ0) is 17.5. The first-order valence-electron chi connectivity index (χ1n) is 8.65. The minimum absolute atomic E-state index is 1.09. The van der Waals surface area contributed by atoms with E-state index < -0.39 is 0 Å². The Bertz CT molecular complexity index is 1220. The lowest BCUT2D eigenvalue weighted by Gasteiger charge is -2.09. The van der Waals surface area contributed by atoms with E-state index in [0.29, 0.717) is 0 Å². The molecule has 0 unspecified atom stereocenters. The molecule has 0 aliphatic rings. The summed E-state index contributed by atoms with van der Waals surface area (Å²) < 4.78 is 1.09. The molecule has 1 N–H and O–H groups in total. The van der Waals surface area contributed by atoms with Crippen LogP contribution in [0.15, 0.2) is 95.5 Å². The van der Waals surface area contributed by atoms with Crippen molar-refractivity contribution in [3.8, 4) is 22.3 Å². The fourth-order valence-corrected chi connectivity index (χ4v) is 3.98. The Morgan fingerprint density at radius 3 is 2.00 bits per heavy atom. The minimum Gasteiger partial charge on any atom is -0.354 e. The predicted octanol–water partition coefficient (Wildman–Crippen LogP) is 7.42. The van der Waals surface area contributed by atoms with Crippen molar-refractivity contribution in [2.45, 2.75) is 0 Å². The molecule has 0 bridgehead atoms. The van der Waals surface area contributed by atoms with Crippen LogP contribution in [-0.2, 0) is 0 Å². The number of rotatable bonds is 2. The van der Waals surface area contributed by atoms with Crippen LogP contribution in [0.2, 0.25) is 0 Å². The van der Waals surface area contributed by atoms with Gasteiger partial charge in [-0.25, -0.2) is 0 Å². The van der Waals surface area contributed by atoms with Gasteiger partial charge in [-0.3, -0.25) is 0 Å². The third-order valence-electron chi connectivity index (χ3n) is 4.86. The molecule has 0 fully saturated rings. The summed E-state index contributed by atoms with van der Waals surface area (Å²) in [6, 6.07) is 32.2. The molecule has 0 aliphatic heterocycles. The van der Waals surface area contributed by atoms with E-state index in [9.17, 15) is 0 Å². The summed E-state index contributed by atoms with van der Waals surface area (Å²) in [5, 5.41) is 2.49. The topological polar surface area (TPSA) is 15.8 Å². The van der Waals surface area contributed by atoms with Gasteiger partial charge < -0.3 is 4.98 Å². The third-order valence-corrected chi connectivity index (χ3v) is 5.35. The van der Waals surface area contributed by atoms with Gasteiger partial charge in [0, 0.05) is 26.3 Å². The standard InChI is InChI=1S/C24H16BrN/c25-19-11-12-23-21(15-19)22-14-18(16-7-3-1-4-8-16)13-20(24(22)26-23)17-9-5-2-6-10-17/h1-15,26H. The molecule has 26 heavy (non-hydrogen) atoms. The van der Waals surface area contributed by atoms with Crippen LogP contribution in [0.25, 0.3) is 44.1 Å². The Kier molecular flexibility index (Phi) is 3.65. The van der Waals surface area contributed by atoms with Gasteiger partial charge in [0.1, 0.15) is 0 Å². The van der Waals surface area contributed by atoms with E-state index in [2.05, 4.69) is 112 Å². The molecule has 0 spiro atoms. The summed E-state index contributed by atoms with van der Waals surface area (Å²) in [6.45, 7) is 0. The first-order chi connectivity index (χ1) is 12.8. The second kappa shape index (κ2) is 6.15. The van der Waals surface area contributed by atoms with Crippen molar-refractivity contribution in [3.63, 3.8) is 0 Å². The molecule has 0 radical (unpaired) electrons. The Balaban J connectivity index is 1.90. The molecule has 0 amide bonds. The summed E-state index contributed by atoms with van der Waals surface area (Å²) in [4.78, 5) is 3.63. The summed E-state index contributed by atoms with van der Waals surface area (Å²) in [7, 11) is 0. The fraction of sp³-hybridized carbons (Fsp3) is 0. The lowest BCUT2D eigenvalue weighted by molar-refractivity contribution is 1.53. The number of halogens is 1. The van der Waals surface area contributed by atoms with Gasteiger partial charge in [0.2, 0.25) is 0 Å². The van der Waals surface area contributed by atoms with Crippen LogP contribution in [0.4, 0.5) is 0 Å². The number of aromatic nitrogens is 1. The number of fused-ring (bicyclic) bond motifs is 3. The van der Waals surface area contributed by atoms with Crippen molar-refractivity contribution in [3.05, 3.63) is 95.5 Å². The summed E-state index contributed by atoms with van der Waals surface area (Å²) in [5.74, 6) is 0. The maximum absolute atomic E-state index is 3.63. The number of benzene rings is 4. The third kappa shape index (κ3) is 2.54. The first kappa shape index (κ1) is 15.4. The number of nitrogens with one attached hydrogen (secondary N) is 1. The fourth-order valence-electron chi connectivity index (χ4n) is 3.61. The maximum atomic E-state index is 3.63. The molecule has 1 heterocycles. The van der Waals surface area contributed by atoms with Crippen LogP contribution >= 0.6 is 15.9 Å². The Morgan fingerprint density at radius 1 is 0.577 bits per heavy atom. The van der Waals surface area contributed by atoms with E-state index >= 15 is 0 Å². The van der Waals surface area contributed by atoms with Crippen molar-refractivity contribution in [1.29, 1.82) is 0 Å². The Labute approximate surface area is 160 Å². The molecule has 1 nitrogen and oxygen atoms in total. The first-order valence-corrected chi connectivity index (χ1v) is 9.45. The van der Waals surface area contributed by atoms with E-state index in [1.165, 1.54) is 38.5 Å². The second-order valence-corrected chi connectivity index (χ2v) is 7.41. The molecular weight excluding hydrogens is 382 g/mol. The monoisotopic (exact) mass is 397 g/mol. The summed E-state index contributed by atoms with van der Waals surface area (Å²) in [6.07, 6.45) is 0. The summed E-state index contributed by atoms with van der Waals surface area (Å²) in [5.41, 5.74) is 7.26. The van der Waals surface area contributed by atoms with E-state index in [4.69, 9.17) is 0 Å². The van der Waals surface area contributed by atoms with Crippen LogP contribution in [0.3, 0.4) is 0 Å². The second-order valence-electron chi connectivity index (χ2n) is 6.49. The highest BCUT2D eigenvalue weighted by Gasteiger charge is 2.13. The maximum Gasteiger partial charge on any atom is 0.0544 e. The van der Waals surface area contributed by atoms with E-state index in [-0.39, 0.29) is 0 Å². The van der Waals surface area contributed by atoms with Gasteiger partial charge in [0.05, 0.1) is 5.52 Å². The normalized spacial score (nSPS) is 11.3. The van der Waals surface area contributed by atoms with Gasteiger partial charge in [-0.2, -0.15) is 0 Å². The molecule has 4 aromatic carbocycles. The van der Waals surface area contributed by atoms with Gasteiger partial charge in [0.15, 0.2) is 0 Å². The number of H-pyrrole nitrogens is 1. The van der Waals surface area contributed by atoms with Crippen molar-refractivity contribution in [1.82, 2.24) is 4.98 Å². The lowest BCUT2D eigenvalue weighted by Crippen LogP contribution is -1.84. The number of aromatic amines is 1. The van der Waals surface area contributed by atoms with Gasteiger partial charge in [-0.15, -0.1) is 0 Å². The van der Waals surface area contributed by atoms with Crippen LogP contribution in [-0.4, -0.2) is 4.98 Å². The van der Waals surface area contributed by atoms with Crippen LogP contribution in [0, 0.1) is 0 Å². The van der Waals surface area contributed by atoms with E-state index in [1.54, 1.807) is 0 Å². The van der Waals surface area contributed by atoms with Crippen LogP contribution in [0.5, 0.6) is 0 Å². The highest BCUT2D eigenvalue weighted by Crippen LogP contribution is 2.38. The zero-order valence-electron chi connectivity index (χ0n) is 14.0. The highest BCUT2D eigenvalue weighted by atomic mass is 79.9. The largest absolute Gasteiger partial charge is 0.354 e. The van der Waals surface area contributed by atoms with Crippen LogP contribution < -0.4 is 0 Å². The van der Waals surface area contributed by atoms with Gasteiger partial charge in [-0.1, -0.05) is 76.6 Å². The zero-order valence-corrected chi connectivity index (χ0v) is 15.6. The lowest BCUT2D eigenvalue weighted by atomic mass is 9.95. The SMILES string of the molecule is Brc1ccc2[nH]c3c(-c4ccccc4)cc(-c4ccccc4)cc3c2c1. The quantitative estimate of drug-likeness (QED) is 0.319. The van der Waals surface area contributed by atoms with E-state index in [1.807, 2.05) is 0 Å². The van der Waals surface area contributed by atoms with Crippen molar-refractivity contribution >= 4 is 37.7 Å². The Hall–Kier alpha value is -2.84. The predicted molar refractivity (Wildman–Crippen MR) is 114 cm³/mol. The van der Waals surface area contributed by atoms with Crippen molar-refractivity contribution < 1.29 is 0 Å². The van der Waals surface area contributed by atoms with Crippen molar-refractivity contribution in [2.75, 3.05) is 0 Å². The molecule has 1 aromatic heterocycles. The minimum atomic E-state index is 1.09. The molecule has 5 aromatic rings. The smallest absolute Gasteiger partial charge is 0.0544 e. The van der Waals surface area contributed by atoms with Crippen molar-refractivity contribution in [2.24, 2.45) is 0 Å². The average Bonchev–Trinajstić information content (AvgIpc) is 3.06. The van der Waals surface area contributed by atoms with Gasteiger partial charge >= 0.3 is 0 Å². The summed E-state index contributed by atoms with van der Waals surface area (Å²) >= 11 is 3.62. The molecule has 124 valence electrons. The molecule has 0 aliphatic carbocycles. The van der Waals surface area contributed by atoms with Crippen LogP contribution in [0.1, 0.15) is 0 Å². The molecule has 0 saturated heterocycles. The highest BCUT2D eigenvalue weighted by molar-refractivity contribution is 9.10.